The first-order chi connectivity index (χ1) is 15.9. The summed E-state index contributed by atoms with van der Waals surface area (Å²) in [4.78, 5) is 11.1. The molecule has 0 saturated heterocycles. The normalized spacial score (nSPS) is 17.3. The van der Waals surface area contributed by atoms with E-state index in [1.54, 1.807) is 26.4 Å². The molecule has 33 heavy (non-hydrogen) atoms. The lowest BCUT2D eigenvalue weighted by Gasteiger charge is -2.38. The van der Waals surface area contributed by atoms with Gasteiger partial charge in [-0.05, 0) is 96.0 Å². The van der Waals surface area contributed by atoms with Crippen LogP contribution in [0.25, 0.3) is 0 Å². The van der Waals surface area contributed by atoms with Crippen LogP contribution < -0.4 is 9.47 Å². The first kappa shape index (κ1) is 22.9. The highest BCUT2D eigenvalue weighted by molar-refractivity contribution is 5.87. The highest BCUT2D eigenvalue weighted by Gasteiger charge is 2.34. The largest absolute Gasteiger partial charge is 0.497 e. The minimum atomic E-state index is -0.886. The molecule has 4 rings (SSSR count). The third-order valence-corrected chi connectivity index (χ3v) is 6.90. The van der Waals surface area contributed by atoms with E-state index >= 15 is 0 Å². The second kappa shape index (κ2) is 9.70. The summed E-state index contributed by atoms with van der Waals surface area (Å²) in [6.45, 7) is 2.39. The second-order valence-electron chi connectivity index (χ2n) is 9.27. The minimum absolute atomic E-state index is 0.0364. The molecule has 1 aliphatic rings. The lowest BCUT2D eigenvalue weighted by Crippen LogP contribution is -2.31. The van der Waals surface area contributed by atoms with Crippen molar-refractivity contribution in [2.45, 2.75) is 50.9 Å². The molecule has 1 atom stereocenters. The number of carbonyl (C=O) groups is 1. The van der Waals surface area contributed by atoms with Crippen molar-refractivity contribution >= 4 is 5.97 Å². The van der Waals surface area contributed by atoms with E-state index in [0.29, 0.717) is 5.56 Å². The quantitative estimate of drug-likeness (QED) is 0.461. The smallest absolute Gasteiger partial charge is 0.335 e. The van der Waals surface area contributed by atoms with Gasteiger partial charge in [0.05, 0.1) is 19.8 Å². The van der Waals surface area contributed by atoms with Crippen LogP contribution in [0.2, 0.25) is 0 Å². The predicted octanol–water partition coefficient (Wildman–Crippen LogP) is 6.02. The number of benzene rings is 3. The Hall–Kier alpha value is -3.27. The van der Waals surface area contributed by atoms with Gasteiger partial charge in [0.15, 0.2) is 0 Å². The molecule has 0 spiro atoms. The van der Waals surface area contributed by atoms with E-state index in [1.165, 1.54) is 28.7 Å². The van der Waals surface area contributed by atoms with Crippen LogP contribution in [0.15, 0.2) is 60.7 Å². The van der Waals surface area contributed by atoms with Crippen LogP contribution in [-0.4, -0.2) is 25.3 Å². The van der Waals surface area contributed by atoms with Gasteiger partial charge in [-0.15, -0.1) is 0 Å². The maximum atomic E-state index is 11.1. The van der Waals surface area contributed by atoms with E-state index in [0.717, 1.165) is 49.2 Å². The van der Waals surface area contributed by atoms with Gasteiger partial charge in [-0.25, -0.2) is 4.79 Å². The number of hydrogen-bond acceptors (Lipinski definition) is 3. The standard InChI is InChI=1S/C29H32O4/c1-29(19-21-16-25(32-2)18-26(17-21)33-3)15-5-8-22-6-4-7-23(27(22)29)12-9-20-10-13-24(14-11-20)28(30)31/h4,6-7,10-11,13-14,16-18H,5,8-9,12,15,19H2,1-3H3,(H,30,31). The summed E-state index contributed by atoms with van der Waals surface area (Å²) < 4.78 is 11.0. The first-order valence-corrected chi connectivity index (χ1v) is 11.6. The Morgan fingerprint density at radius 1 is 0.939 bits per heavy atom. The van der Waals surface area contributed by atoms with E-state index in [4.69, 9.17) is 14.6 Å². The van der Waals surface area contributed by atoms with Gasteiger partial charge in [0.25, 0.3) is 0 Å². The number of aryl methyl sites for hydroxylation is 3. The molecule has 0 fully saturated rings. The Balaban J connectivity index is 1.62. The first-order valence-electron chi connectivity index (χ1n) is 11.6. The molecule has 172 valence electrons. The Morgan fingerprint density at radius 2 is 1.64 bits per heavy atom. The zero-order valence-corrected chi connectivity index (χ0v) is 19.7. The molecule has 0 saturated carbocycles. The third-order valence-electron chi connectivity index (χ3n) is 6.90. The number of rotatable bonds is 8. The molecule has 1 aliphatic carbocycles. The van der Waals surface area contributed by atoms with Crippen molar-refractivity contribution in [3.05, 3.63) is 94.0 Å². The lowest BCUT2D eigenvalue weighted by atomic mass is 9.66. The summed E-state index contributed by atoms with van der Waals surface area (Å²) in [5.41, 5.74) is 7.09. The van der Waals surface area contributed by atoms with Crippen molar-refractivity contribution in [1.29, 1.82) is 0 Å². The van der Waals surface area contributed by atoms with E-state index in [-0.39, 0.29) is 5.41 Å². The number of carboxylic acid groups (broad SMARTS) is 1. The van der Waals surface area contributed by atoms with E-state index in [2.05, 4.69) is 37.3 Å². The van der Waals surface area contributed by atoms with Crippen LogP contribution in [0.1, 0.15) is 57.9 Å². The lowest BCUT2D eigenvalue weighted by molar-refractivity contribution is 0.0697. The Kier molecular flexibility index (Phi) is 6.73. The van der Waals surface area contributed by atoms with Crippen molar-refractivity contribution in [3.63, 3.8) is 0 Å². The fourth-order valence-corrected chi connectivity index (χ4v) is 5.33. The Bertz CT molecular complexity index is 1110. The molecule has 3 aromatic rings. The van der Waals surface area contributed by atoms with Crippen LogP contribution in [-0.2, 0) is 31.1 Å². The molecule has 0 radical (unpaired) electrons. The SMILES string of the molecule is COc1cc(CC2(C)CCCc3cccc(CCc4ccc(C(=O)O)cc4)c32)cc(OC)c1. The van der Waals surface area contributed by atoms with Gasteiger partial charge in [-0.3, -0.25) is 0 Å². The number of carboxylic acids is 1. The molecule has 0 bridgehead atoms. The third kappa shape index (κ3) is 5.05. The van der Waals surface area contributed by atoms with Crippen molar-refractivity contribution in [2.75, 3.05) is 14.2 Å². The van der Waals surface area contributed by atoms with Gasteiger partial charge in [0.2, 0.25) is 0 Å². The van der Waals surface area contributed by atoms with Crippen LogP contribution in [0.3, 0.4) is 0 Å². The van der Waals surface area contributed by atoms with Crippen molar-refractivity contribution in [3.8, 4) is 11.5 Å². The monoisotopic (exact) mass is 444 g/mol. The fraction of sp³-hybridized carbons (Fsp3) is 0.345. The van der Waals surface area contributed by atoms with Crippen molar-refractivity contribution in [2.24, 2.45) is 0 Å². The van der Waals surface area contributed by atoms with Gasteiger partial charge in [0.1, 0.15) is 11.5 Å². The van der Waals surface area contributed by atoms with E-state index in [1.807, 2.05) is 18.2 Å². The average Bonchev–Trinajstić information content (AvgIpc) is 2.82. The number of fused-ring (bicyclic) bond motifs is 1. The number of hydrogen-bond donors (Lipinski definition) is 1. The Labute approximate surface area is 196 Å². The topological polar surface area (TPSA) is 55.8 Å². The van der Waals surface area contributed by atoms with Crippen LogP contribution >= 0.6 is 0 Å². The summed E-state index contributed by atoms with van der Waals surface area (Å²) in [6, 6.07) is 20.1. The van der Waals surface area contributed by atoms with Crippen molar-refractivity contribution in [1.82, 2.24) is 0 Å². The summed E-state index contributed by atoms with van der Waals surface area (Å²) >= 11 is 0. The summed E-state index contributed by atoms with van der Waals surface area (Å²) in [5, 5.41) is 9.14. The minimum Gasteiger partial charge on any atom is -0.497 e. The van der Waals surface area contributed by atoms with Gasteiger partial charge in [-0.2, -0.15) is 0 Å². The molecular weight excluding hydrogens is 412 g/mol. The molecule has 0 aromatic heterocycles. The Morgan fingerprint density at radius 3 is 2.27 bits per heavy atom. The number of ether oxygens (including phenoxy) is 2. The molecule has 3 aromatic carbocycles. The summed E-state index contributed by atoms with van der Waals surface area (Å²) in [6.07, 6.45) is 6.20. The zero-order valence-electron chi connectivity index (χ0n) is 19.7. The number of methoxy groups -OCH3 is 2. The summed E-state index contributed by atoms with van der Waals surface area (Å²) in [7, 11) is 3.38. The molecule has 0 aliphatic heterocycles. The molecule has 0 heterocycles. The van der Waals surface area contributed by atoms with Crippen LogP contribution in [0.4, 0.5) is 0 Å². The van der Waals surface area contributed by atoms with E-state index in [9.17, 15) is 4.79 Å². The summed E-state index contributed by atoms with van der Waals surface area (Å²) in [5.74, 6) is 0.757. The fourth-order valence-electron chi connectivity index (χ4n) is 5.33. The van der Waals surface area contributed by atoms with Crippen molar-refractivity contribution < 1.29 is 19.4 Å². The highest BCUT2D eigenvalue weighted by Crippen LogP contribution is 2.42. The van der Waals surface area contributed by atoms with Crippen LogP contribution in [0.5, 0.6) is 11.5 Å². The van der Waals surface area contributed by atoms with Gasteiger partial charge >= 0.3 is 5.97 Å². The highest BCUT2D eigenvalue weighted by atomic mass is 16.5. The maximum Gasteiger partial charge on any atom is 0.335 e. The zero-order chi connectivity index (χ0) is 23.4. The van der Waals surface area contributed by atoms with Gasteiger partial charge in [0, 0.05) is 6.07 Å². The second-order valence-corrected chi connectivity index (χ2v) is 9.27. The number of aromatic carboxylic acids is 1. The van der Waals surface area contributed by atoms with E-state index < -0.39 is 5.97 Å². The molecular formula is C29H32O4. The average molecular weight is 445 g/mol. The van der Waals surface area contributed by atoms with Gasteiger partial charge in [-0.1, -0.05) is 37.3 Å². The predicted molar refractivity (Wildman–Crippen MR) is 131 cm³/mol. The van der Waals surface area contributed by atoms with Gasteiger partial charge < -0.3 is 14.6 Å². The molecule has 4 nitrogen and oxygen atoms in total. The molecule has 4 heteroatoms. The molecule has 1 N–H and O–H groups in total. The molecule has 1 unspecified atom stereocenters. The molecule has 0 amide bonds. The maximum absolute atomic E-state index is 11.1. The van der Waals surface area contributed by atoms with Crippen LogP contribution in [0, 0.1) is 0 Å².